The monoisotopic (exact) mass is 434 g/mol. The molecule has 4 heterocycles. The van der Waals surface area contributed by atoms with Crippen molar-refractivity contribution in [2.45, 2.75) is 30.5 Å². The highest BCUT2D eigenvalue weighted by molar-refractivity contribution is 5.84. The molecule has 4 aromatic rings. The number of imidazole rings is 1. The van der Waals surface area contributed by atoms with Crippen LogP contribution in [0.4, 0.5) is 5.82 Å². The number of aliphatic hydroxyl groups excluding tert-OH is 2. The Labute approximate surface area is 182 Å². The van der Waals surface area contributed by atoms with Crippen LogP contribution in [-0.4, -0.2) is 70.8 Å². The van der Waals surface area contributed by atoms with Gasteiger partial charge in [-0.05, 0) is 18.1 Å². The molecule has 1 aromatic carbocycles. The minimum atomic E-state index is -2.05. The molecule has 0 bridgehead atoms. The largest absolute Gasteiger partial charge is 0.394 e. The molecule has 1 saturated heterocycles. The maximum absolute atomic E-state index is 10.8. The van der Waals surface area contributed by atoms with E-state index in [1.807, 2.05) is 24.4 Å². The number of ether oxygens (including phenoxy) is 1. The van der Waals surface area contributed by atoms with Crippen LogP contribution in [0.15, 0.2) is 43.1 Å². The number of rotatable bonds is 6. The van der Waals surface area contributed by atoms with Gasteiger partial charge in [-0.25, -0.2) is 15.0 Å². The fourth-order valence-corrected chi connectivity index (χ4v) is 4.16. The van der Waals surface area contributed by atoms with Gasteiger partial charge in [-0.1, -0.05) is 24.1 Å². The maximum atomic E-state index is 10.8. The van der Waals surface area contributed by atoms with Gasteiger partial charge in [-0.15, -0.1) is 6.42 Å². The lowest BCUT2D eigenvalue weighted by molar-refractivity contribution is -0.0721. The van der Waals surface area contributed by atoms with E-state index in [-0.39, 0.29) is 0 Å². The van der Waals surface area contributed by atoms with E-state index in [0.717, 1.165) is 11.9 Å². The number of aliphatic hydroxyl groups is 3. The lowest BCUT2D eigenvalue weighted by Crippen LogP contribution is -2.45. The SMILES string of the molecule is C#C[C@]1(O)C(n2cnc3c(NCCc4c[nH]c5ccccc45)ncnc32)O[C@H](CO)[C@H]1O. The van der Waals surface area contributed by atoms with Gasteiger partial charge in [0.15, 0.2) is 28.8 Å². The van der Waals surface area contributed by atoms with Crippen molar-refractivity contribution in [3.63, 3.8) is 0 Å². The molecule has 10 heteroatoms. The fourth-order valence-electron chi connectivity index (χ4n) is 4.16. The number of H-pyrrole nitrogens is 1. The molecule has 0 aliphatic carbocycles. The zero-order chi connectivity index (χ0) is 22.3. The van der Waals surface area contributed by atoms with E-state index in [9.17, 15) is 15.3 Å². The Kier molecular flexibility index (Phi) is 5.03. The first-order valence-corrected chi connectivity index (χ1v) is 10.2. The molecule has 0 saturated carbocycles. The number of aromatic amines is 1. The summed E-state index contributed by atoms with van der Waals surface area (Å²) in [6, 6.07) is 8.11. The molecule has 5 N–H and O–H groups in total. The number of benzene rings is 1. The molecule has 1 fully saturated rings. The van der Waals surface area contributed by atoms with Crippen molar-refractivity contribution in [2.24, 2.45) is 0 Å². The van der Waals surface area contributed by atoms with Gasteiger partial charge in [0.1, 0.15) is 18.5 Å². The predicted molar refractivity (Wildman–Crippen MR) is 117 cm³/mol. The second kappa shape index (κ2) is 7.89. The predicted octanol–water partition coefficient (Wildman–Crippen LogP) is 0.577. The van der Waals surface area contributed by atoms with Gasteiger partial charge >= 0.3 is 0 Å². The van der Waals surface area contributed by atoms with Crippen molar-refractivity contribution in [1.82, 2.24) is 24.5 Å². The summed E-state index contributed by atoms with van der Waals surface area (Å²) >= 11 is 0. The third-order valence-corrected chi connectivity index (χ3v) is 5.87. The first kappa shape index (κ1) is 20.4. The van der Waals surface area contributed by atoms with E-state index in [1.165, 1.54) is 28.2 Å². The van der Waals surface area contributed by atoms with Gasteiger partial charge in [-0.2, -0.15) is 0 Å². The number of nitrogens with one attached hydrogen (secondary N) is 2. The van der Waals surface area contributed by atoms with Crippen molar-refractivity contribution >= 4 is 27.9 Å². The van der Waals surface area contributed by atoms with Crippen molar-refractivity contribution in [3.8, 4) is 12.3 Å². The molecule has 0 radical (unpaired) electrons. The number of anilines is 1. The van der Waals surface area contributed by atoms with E-state index in [0.29, 0.717) is 23.5 Å². The van der Waals surface area contributed by atoms with Gasteiger partial charge < -0.3 is 30.4 Å². The van der Waals surface area contributed by atoms with E-state index in [2.05, 4.69) is 37.2 Å². The molecule has 3 aromatic heterocycles. The molecule has 1 aliphatic rings. The van der Waals surface area contributed by atoms with Gasteiger partial charge in [0.05, 0.1) is 12.9 Å². The number of para-hydroxylation sites is 1. The van der Waals surface area contributed by atoms with Gasteiger partial charge in [0.2, 0.25) is 0 Å². The smallest absolute Gasteiger partial charge is 0.199 e. The minimum absolute atomic E-state index is 0.374. The van der Waals surface area contributed by atoms with E-state index >= 15 is 0 Å². The molecule has 5 rings (SSSR count). The van der Waals surface area contributed by atoms with Crippen molar-refractivity contribution < 1.29 is 20.1 Å². The van der Waals surface area contributed by atoms with Crippen LogP contribution in [0.25, 0.3) is 22.1 Å². The molecular formula is C22H22N6O4. The number of terminal acetylenes is 1. The van der Waals surface area contributed by atoms with E-state index in [4.69, 9.17) is 11.2 Å². The lowest BCUT2D eigenvalue weighted by Gasteiger charge is -2.26. The highest BCUT2D eigenvalue weighted by Crippen LogP contribution is 2.39. The zero-order valence-corrected chi connectivity index (χ0v) is 17.0. The Hall–Kier alpha value is -3.49. The molecule has 1 unspecified atom stereocenters. The van der Waals surface area contributed by atoms with Crippen LogP contribution in [0.3, 0.4) is 0 Å². The Bertz CT molecular complexity index is 1310. The average molecular weight is 434 g/mol. The van der Waals surface area contributed by atoms with Crippen LogP contribution in [0.1, 0.15) is 11.8 Å². The highest BCUT2D eigenvalue weighted by Gasteiger charge is 2.55. The minimum Gasteiger partial charge on any atom is -0.394 e. The molecule has 0 amide bonds. The van der Waals surface area contributed by atoms with Crippen LogP contribution in [-0.2, 0) is 11.2 Å². The maximum Gasteiger partial charge on any atom is 0.199 e. The third-order valence-electron chi connectivity index (χ3n) is 5.87. The quantitative estimate of drug-likeness (QED) is 0.278. The summed E-state index contributed by atoms with van der Waals surface area (Å²) in [5.74, 6) is 2.72. The summed E-state index contributed by atoms with van der Waals surface area (Å²) < 4.78 is 7.08. The van der Waals surface area contributed by atoms with Crippen LogP contribution in [0.5, 0.6) is 0 Å². The zero-order valence-electron chi connectivity index (χ0n) is 17.0. The topological polar surface area (TPSA) is 141 Å². The van der Waals surface area contributed by atoms with Crippen LogP contribution in [0.2, 0.25) is 0 Å². The van der Waals surface area contributed by atoms with Gasteiger partial charge in [0.25, 0.3) is 0 Å². The van der Waals surface area contributed by atoms with Crippen molar-refractivity contribution in [2.75, 3.05) is 18.5 Å². The molecule has 164 valence electrons. The number of aromatic nitrogens is 5. The second-order valence-corrected chi connectivity index (χ2v) is 7.71. The van der Waals surface area contributed by atoms with Crippen LogP contribution >= 0.6 is 0 Å². The van der Waals surface area contributed by atoms with Crippen molar-refractivity contribution in [3.05, 3.63) is 48.7 Å². The molecule has 10 nitrogen and oxygen atoms in total. The third kappa shape index (κ3) is 3.11. The molecule has 32 heavy (non-hydrogen) atoms. The summed E-state index contributed by atoms with van der Waals surface area (Å²) in [5, 5.41) is 35.1. The first-order chi connectivity index (χ1) is 15.6. The number of nitrogens with zero attached hydrogens (tertiary/aromatic N) is 4. The molecular weight excluding hydrogens is 412 g/mol. The number of hydrogen-bond donors (Lipinski definition) is 5. The standard InChI is InChI=1S/C22H22N6O4/c1-2-22(31)18(30)16(10-29)32-21(22)28-12-27-17-19(25-11-26-20(17)28)23-8-7-13-9-24-15-6-4-3-5-14(13)15/h1,3-6,9,11-12,16,18,21,24,29-31H,7-8,10H2,(H,23,25,26)/t16-,18-,21?,22-/m1/s1. The highest BCUT2D eigenvalue weighted by atomic mass is 16.6. The van der Waals surface area contributed by atoms with Gasteiger partial charge in [0, 0.05) is 23.6 Å². The Morgan fingerprint density at radius 2 is 2.12 bits per heavy atom. The fraction of sp³-hybridized carbons (Fsp3) is 0.318. The Morgan fingerprint density at radius 3 is 2.94 bits per heavy atom. The van der Waals surface area contributed by atoms with E-state index < -0.39 is 30.6 Å². The summed E-state index contributed by atoms with van der Waals surface area (Å²) in [4.78, 5) is 16.2. The Balaban J connectivity index is 1.39. The summed E-state index contributed by atoms with van der Waals surface area (Å²) in [6.07, 6.45) is 7.39. The molecule has 4 atom stereocenters. The first-order valence-electron chi connectivity index (χ1n) is 10.2. The normalized spacial score (nSPS) is 25.4. The van der Waals surface area contributed by atoms with Crippen LogP contribution < -0.4 is 5.32 Å². The number of fused-ring (bicyclic) bond motifs is 2. The Morgan fingerprint density at radius 1 is 1.28 bits per heavy atom. The second-order valence-electron chi connectivity index (χ2n) is 7.71. The number of hydrogen-bond acceptors (Lipinski definition) is 8. The summed E-state index contributed by atoms with van der Waals surface area (Å²) in [7, 11) is 0. The molecule has 0 spiro atoms. The summed E-state index contributed by atoms with van der Waals surface area (Å²) in [6.45, 7) is 0.115. The van der Waals surface area contributed by atoms with E-state index in [1.54, 1.807) is 0 Å². The average Bonchev–Trinajstić information content (AvgIpc) is 3.50. The molecule has 1 aliphatic heterocycles. The van der Waals surface area contributed by atoms with Crippen molar-refractivity contribution in [1.29, 1.82) is 0 Å². The summed E-state index contributed by atoms with van der Waals surface area (Å²) in [5.41, 5.74) is 1.07. The lowest BCUT2D eigenvalue weighted by atomic mass is 9.95. The van der Waals surface area contributed by atoms with Gasteiger partial charge in [-0.3, -0.25) is 4.57 Å². The van der Waals surface area contributed by atoms with Crippen LogP contribution in [0, 0.1) is 12.3 Å².